The molecule has 0 fully saturated rings. The van der Waals surface area contributed by atoms with Gasteiger partial charge in [0.2, 0.25) is 0 Å². The van der Waals surface area contributed by atoms with Crippen molar-refractivity contribution in [3.8, 4) is 0 Å². The van der Waals surface area contributed by atoms with Gasteiger partial charge in [-0.15, -0.1) is 0 Å². The molecule has 0 aliphatic heterocycles. The quantitative estimate of drug-likeness (QED) is 0.792. The van der Waals surface area contributed by atoms with Crippen molar-refractivity contribution in [3.63, 3.8) is 0 Å². The van der Waals surface area contributed by atoms with Crippen LogP contribution in [0.3, 0.4) is 0 Å². The normalized spacial score (nSPS) is 12.5. The monoisotopic (exact) mass is 209 g/mol. The number of carbonyl (C=O) groups excluding carboxylic acids is 1. The second-order valence-electron chi connectivity index (χ2n) is 3.37. The number of aromatic nitrogens is 1. The molecule has 82 valence electrons. The van der Waals surface area contributed by atoms with Crippen LogP contribution in [0.5, 0.6) is 0 Å². The van der Waals surface area contributed by atoms with Gasteiger partial charge in [0, 0.05) is 0 Å². The number of carbonyl (C=O) groups is 1. The summed E-state index contributed by atoms with van der Waals surface area (Å²) in [6.07, 6.45) is -0.236. The Morgan fingerprint density at radius 3 is 2.93 bits per heavy atom. The van der Waals surface area contributed by atoms with Crippen molar-refractivity contribution in [2.75, 3.05) is 6.61 Å². The number of rotatable bonds is 5. The molecule has 0 saturated carbocycles. The van der Waals surface area contributed by atoms with Crippen LogP contribution in [0.2, 0.25) is 0 Å². The first-order chi connectivity index (χ1) is 7.13. The van der Waals surface area contributed by atoms with Crippen LogP contribution in [0.25, 0.3) is 0 Å². The highest BCUT2D eigenvalue weighted by Crippen LogP contribution is 2.14. The van der Waals surface area contributed by atoms with Crippen LogP contribution < -0.4 is 0 Å². The molecule has 1 aromatic rings. The molecule has 15 heavy (non-hydrogen) atoms. The third-order valence-electron chi connectivity index (χ3n) is 1.94. The highest BCUT2D eigenvalue weighted by atomic mass is 16.5. The predicted molar refractivity (Wildman–Crippen MR) is 55.2 cm³/mol. The number of aliphatic hydroxyl groups is 1. The van der Waals surface area contributed by atoms with E-state index in [1.165, 1.54) is 6.92 Å². The lowest BCUT2D eigenvalue weighted by Crippen LogP contribution is -2.09. The van der Waals surface area contributed by atoms with Gasteiger partial charge in [0.15, 0.2) is 5.78 Å². The Labute approximate surface area is 88.9 Å². The van der Waals surface area contributed by atoms with Crippen molar-refractivity contribution in [1.82, 2.24) is 4.98 Å². The van der Waals surface area contributed by atoms with Gasteiger partial charge in [0.25, 0.3) is 0 Å². The lowest BCUT2D eigenvalue weighted by Gasteiger charge is -2.11. The van der Waals surface area contributed by atoms with Crippen molar-refractivity contribution in [3.05, 3.63) is 29.6 Å². The third kappa shape index (κ3) is 3.77. The molecule has 0 saturated heterocycles. The van der Waals surface area contributed by atoms with Gasteiger partial charge >= 0.3 is 0 Å². The third-order valence-corrected chi connectivity index (χ3v) is 1.94. The number of ketones is 1. The summed E-state index contributed by atoms with van der Waals surface area (Å²) >= 11 is 0. The first kappa shape index (κ1) is 11.8. The Bertz CT molecular complexity index is 338. The molecule has 0 amide bonds. The fraction of sp³-hybridized carbons (Fsp3) is 0.455. The molecule has 1 atom stereocenters. The standard InChI is InChI=1S/C11H15NO3/c1-8(14)7-15-9(2)11-5-3-4-10(6-13)12-11/h3-5,9,13H,6-7H2,1-2H3. The molecule has 1 heterocycles. The topological polar surface area (TPSA) is 59.4 Å². The number of hydrogen-bond donors (Lipinski definition) is 1. The SMILES string of the molecule is CC(=O)COC(C)c1cccc(CO)n1. The van der Waals surface area contributed by atoms with Gasteiger partial charge in [-0.1, -0.05) is 6.07 Å². The summed E-state index contributed by atoms with van der Waals surface area (Å²) in [5.74, 6) is -0.0137. The van der Waals surface area contributed by atoms with Gasteiger partial charge < -0.3 is 9.84 Å². The van der Waals surface area contributed by atoms with Crippen molar-refractivity contribution < 1.29 is 14.6 Å². The number of aliphatic hydroxyl groups excluding tert-OH is 1. The fourth-order valence-electron chi connectivity index (χ4n) is 1.14. The van der Waals surface area contributed by atoms with E-state index in [1.54, 1.807) is 6.07 Å². The van der Waals surface area contributed by atoms with E-state index in [2.05, 4.69) is 4.98 Å². The summed E-state index contributed by atoms with van der Waals surface area (Å²) in [5.41, 5.74) is 1.33. The highest BCUT2D eigenvalue weighted by molar-refractivity contribution is 5.76. The van der Waals surface area contributed by atoms with Gasteiger partial charge in [-0.05, 0) is 26.0 Å². The summed E-state index contributed by atoms with van der Waals surface area (Å²) in [5, 5.41) is 8.90. The van der Waals surface area contributed by atoms with Crippen LogP contribution in [-0.2, 0) is 16.1 Å². The molecule has 4 heteroatoms. The van der Waals surface area contributed by atoms with Gasteiger partial charge in [0.1, 0.15) is 6.61 Å². The van der Waals surface area contributed by atoms with Crippen molar-refractivity contribution in [2.24, 2.45) is 0 Å². The second kappa shape index (κ2) is 5.58. The second-order valence-corrected chi connectivity index (χ2v) is 3.37. The zero-order valence-electron chi connectivity index (χ0n) is 8.93. The molecular formula is C11H15NO3. The van der Waals surface area contributed by atoms with Gasteiger partial charge in [-0.3, -0.25) is 9.78 Å². The molecular weight excluding hydrogens is 194 g/mol. The number of ether oxygens (including phenoxy) is 1. The van der Waals surface area contributed by atoms with Crippen LogP contribution in [0.1, 0.15) is 31.3 Å². The fourth-order valence-corrected chi connectivity index (χ4v) is 1.14. The Kier molecular flexibility index (Phi) is 4.39. The van der Waals surface area contributed by atoms with E-state index in [9.17, 15) is 4.79 Å². The molecule has 1 rings (SSSR count). The Morgan fingerprint density at radius 2 is 2.33 bits per heavy atom. The van der Waals surface area contributed by atoms with Gasteiger partial charge in [-0.2, -0.15) is 0 Å². The van der Waals surface area contributed by atoms with Crippen LogP contribution in [0, 0.1) is 0 Å². The molecule has 0 radical (unpaired) electrons. The molecule has 1 N–H and O–H groups in total. The zero-order valence-corrected chi connectivity index (χ0v) is 8.93. The van der Waals surface area contributed by atoms with Crippen LogP contribution in [-0.4, -0.2) is 22.5 Å². The van der Waals surface area contributed by atoms with E-state index in [0.29, 0.717) is 5.69 Å². The molecule has 0 bridgehead atoms. The maximum absolute atomic E-state index is 10.7. The molecule has 0 spiro atoms. The van der Waals surface area contributed by atoms with Gasteiger partial charge in [-0.25, -0.2) is 0 Å². The molecule has 0 aliphatic carbocycles. The minimum Gasteiger partial charge on any atom is -0.390 e. The number of nitrogens with zero attached hydrogens (tertiary/aromatic N) is 1. The molecule has 1 unspecified atom stereocenters. The zero-order chi connectivity index (χ0) is 11.3. The summed E-state index contributed by atoms with van der Waals surface area (Å²) in [6, 6.07) is 5.35. The van der Waals surface area contributed by atoms with Crippen molar-refractivity contribution in [2.45, 2.75) is 26.6 Å². The minimum absolute atomic E-state index is 0.0137. The maximum Gasteiger partial charge on any atom is 0.155 e. The predicted octanol–water partition coefficient (Wildman–Crippen LogP) is 1.24. The van der Waals surface area contributed by atoms with Crippen LogP contribution >= 0.6 is 0 Å². The van der Waals surface area contributed by atoms with Crippen LogP contribution in [0.15, 0.2) is 18.2 Å². The lowest BCUT2D eigenvalue weighted by atomic mass is 10.2. The average Bonchev–Trinajstić information content (AvgIpc) is 2.26. The summed E-state index contributed by atoms with van der Waals surface area (Å²) in [7, 11) is 0. The van der Waals surface area contributed by atoms with E-state index in [0.717, 1.165) is 5.69 Å². The summed E-state index contributed by atoms with van der Waals surface area (Å²) in [4.78, 5) is 14.9. The molecule has 1 aromatic heterocycles. The summed E-state index contributed by atoms with van der Waals surface area (Å²) < 4.78 is 5.30. The van der Waals surface area contributed by atoms with E-state index >= 15 is 0 Å². The average molecular weight is 209 g/mol. The van der Waals surface area contributed by atoms with E-state index in [-0.39, 0.29) is 25.1 Å². The minimum atomic E-state index is -0.236. The van der Waals surface area contributed by atoms with E-state index in [4.69, 9.17) is 9.84 Å². The van der Waals surface area contributed by atoms with Crippen LogP contribution in [0.4, 0.5) is 0 Å². The Morgan fingerprint density at radius 1 is 1.60 bits per heavy atom. The Hall–Kier alpha value is -1.26. The molecule has 4 nitrogen and oxygen atoms in total. The molecule has 0 aliphatic rings. The largest absolute Gasteiger partial charge is 0.390 e. The number of hydrogen-bond acceptors (Lipinski definition) is 4. The number of pyridine rings is 1. The van der Waals surface area contributed by atoms with Gasteiger partial charge in [0.05, 0.1) is 24.1 Å². The van der Waals surface area contributed by atoms with Crippen molar-refractivity contribution in [1.29, 1.82) is 0 Å². The van der Waals surface area contributed by atoms with Crippen molar-refractivity contribution >= 4 is 5.78 Å². The smallest absolute Gasteiger partial charge is 0.155 e. The maximum atomic E-state index is 10.7. The first-order valence-corrected chi connectivity index (χ1v) is 4.81. The van der Waals surface area contributed by atoms with E-state index in [1.807, 2.05) is 19.1 Å². The molecule has 0 aromatic carbocycles. The highest BCUT2D eigenvalue weighted by Gasteiger charge is 2.08. The van der Waals surface area contributed by atoms with E-state index < -0.39 is 0 Å². The first-order valence-electron chi connectivity index (χ1n) is 4.81. The lowest BCUT2D eigenvalue weighted by molar-refractivity contribution is -0.123. The summed E-state index contributed by atoms with van der Waals surface area (Å²) in [6.45, 7) is 3.30. The number of Topliss-reactive ketones (excluding diaryl/α,β-unsaturated/α-hetero) is 1. The Balaban J connectivity index is 2.64.